The highest BCUT2D eigenvalue weighted by atomic mass is 32.2. The number of aromatic hydroxyl groups is 1. The third-order valence-corrected chi connectivity index (χ3v) is 3.64. The van der Waals surface area contributed by atoms with Crippen LogP contribution in [0, 0.1) is 11.5 Å². The van der Waals surface area contributed by atoms with E-state index in [1.54, 1.807) is 6.07 Å². The number of nitriles is 1. The summed E-state index contributed by atoms with van der Waals surface area (Å²) in [5, 5.41) is 21.6. The van der Waals surface area contributed by atoms with E-state index in [0.29, 0.717) is 10.9 Å². The highest BCUT2D eigenvalue weighted by Gasteiger charge is 2.16. The fourth-order valence-electron chi connectivity index (χ4n) is 2.22. The molecular formula is C13H15N3OS. The van der Waals surface area contributed by atoms with Gasteiger partial charge < -0.3 is 5.11 Å². The molecule has 0 saturated heterocycles. The van der Waals surface area contributed by atoms with Crippen molar-refractivity contribution in [3.8, 4) is 11.9 Å². The molecule has 2 N–H and O–H groups in total. The van der Waals surface area contributed by atoms with Crippen molar-refractivity contribution in [2.75, 3.05) is 6.26 Å². The second-order valence-electron chi connectivity index (χ2n) is 4.13. The van der Waals surface area contributed by atoms with Gasteiger partial charge in [0.25, 0.3) is 0 Å². The second kappa shape index (κ2) is 5.78. The molecule has 0 amide bonds. The summed E-state index contributed by atoms with van der Waals surface area (Å²) in [6.07, 6.45) is 7.83. The van der Waals surface area contributed by atoms with Crippen LogP contribution in [0.3, 0.4) is 0 Å². The smallest absolute Gasteiger partial charge is 0.183 e. The van der Waals surface area contributed by atoms with Crippen molar-refractivity contribution in [2.45, 2.75) is 25.7 Å². The number of amidine groups is 1. The van der Waals surface area contributed by atoms with Crippen LogP contribution in [0.15, 0.2) is 17.1 Å². The maximum atomic E-state index is 9.85. The predicted octanol–water partition coefficient (Wildman–Crippen LogP) is 2.69. The van der Waals surface area contributed by atoms with Crippen LogP contribution in [0.5, 0.6) is 5.75 Å². The number of hydrogen-bond acceptors (Lipinski definition) is 4. The molecule has 0 radical (unpaired) electrons. The van der Waals surface area contributed by atoms with Crippen molar-refractivity contribution in [1.29, 1.82) is 5.26 Å². The molecular weight excluding hydrogens is 246 g/mol. The van der Waals surface area contributed by atoms with Gasteiger partial charge in [-0.25, -0.2) is 4.99 Å². The summed E-state index contributed by atoms with van der Waals surface area (Å²) >= 11 is 1.40. The Morgan fingerprint density at radius 1 is 1.39 bits per heavy atom. The summed E-state index contributed by atoms with van der Waals surface area (Å²) in [6, 6.07) is 3.50. The first kappa shape index (κ1) is 12.8. The van der Waals surface area contributed by atoms with E-state index in [9.17, 15) is 5.11 Å². The fraction of sp³-hybridized carbons (Fsp3) is 0.385. The van der Waals surface area contributed by atoms with Crippen LogP contribution in [0.4, 0.5) is 5.69 Å². The van der Waals surface area contributed by atoms with Gasteiger partial charge in [-0.3, -0.25) is 5.32 Å². The first-order valence-electron chi connectivity index (χ1n) is 5.87. The Morgan fingerprint density at radius 3 is 2.78 bits per heavy atom. The molecule has 0 aromatic heterocycles. The van der Waals surface area contributed by atoms with E-state index in [2.05, 4.69) is 10.3 Å². The van der Waals surface area contributed by atoms with Gasteiger partial charge in [0, 0.05) is 0 Å². The van der Waals surface area contributed by atoms with Gasteiger partial charge in [-0.15, -0.1) is 0 Å². The van der Waals surface area contributed by atoms with Gasteiger partial charge in [0.1, 0.15) is 5.75 Å². The summed E-state index contributed by atoms with van der Waals surface area (Å²) in [5.74, 6) is 0.364. The van der Waals surface area contributed by atoms with Gasteiger partial charge in [-0.1, -0.05) is 11.8 Å². The first-order valence-corrected chi connectivity index (χ1v) is 7.10. The van der Waals surface area contributed by atoms with E-state index in [1.165, 1.54) is 11.8 Å². The van der Waals surface area contributed by atoms with Crippen LogP contribution in [0.25, 0.3) is 0 Å². The summed E-state index contributed by atoms with van der Waals surface area (Å²) < 4.78 is 0. The fourth-order valence-corrected chi connectivity index (χ4v) is 2.55. The second-order valence-corrected chi connectivity index (χ2v) is 4.92. The van der Waals surface area contributed by atoms with Crippen LogP contribution >= 0.6 is 11.8 Å². The Balaban J connectivity index is 2.43. The Hall–Kier alpha value is -1.67. The molecule has 4 nitrogen and oxygen atoms in total. The van der Waals surface area contributed by atoms with Gasteiger partial charge >= 0.3 is 0 Å². The Kier molecular flexibility index (Phi) is 4.11. The standard InChI is InChI=1S/C13H15N3OS/c1-18-13(15-8-14)16-11-6-7-12(17)10-5-3-2-4-9(10)11/h6-7,17H,2-5H2,1H3,(H,15,16). The molecule has 0 bridgehead atoms. The predicted molar refractivity (Wildman–Crippen MR) is 74.1 cm³/mol. The molecule has 0 saturated carbocycles. The monoisotopic (exact) mass is 261 g/mol. The molecule has 0 aliphatic heterocycles. The minimum absolute atomic E-state index is 0.364. The van der Waals surface area contributed by atoms with Crippen molar-refractivity contribution >= 4 is 22.6 Å². The van der Waals surface area contributed by atoms with E-state index in [4.69, 9.17) is 5.26 Å². The number of benzene rings is 1. The van der Waals surface area contributed by atoms with Crippen molar-refractivity contribution in [3.63, 3.8) is 0 Å². The topological polar surface area (TPSA) is 68.4 Å². The summed E-state index contributed by atoms with van der Waals surface area (Å²) in [4.78, 5) is 4.46. The third-order valence-electron chi connectivity index (χ3n) is 3.06. The quantitative estimate of drug-likeness (QED) is 0.353. The molecule has 1 aliphatic carbocycles. The third kappa shape index (κ3) is 2.59. The Bertz CT molecular complexity index is 520. The number of rotatable bonds is 1. The molecule has 0 fully saturated rings. The lowest BCUT2D eigenvalue weighted by atomic mass is 9.90. The molecule has 18 heavy (non-hydrogen) atoms. The van der Waals surface area contributed by atoms with Gasteiger partial charge in [0.15, 0.2) is 11.4 Å². The average molecular weight is 261 g/mol. The van der Waals surface area contributed by atoms with Crippen LogP contribution < -0.4 is 5.32 Å². The lowest BCUT2D eigenvalue weighted by Crippen LogP contribution is -2.13. The minimum atomic E-state index is 0.364. The lowest BCUT2D eigenvalue weighted by Gasteiger charge is -2.18. The SMILES string of the molecule is CSC(=Nc1ccc(O)c2c1CCCC2)NC#N. The zero-order valence-corrected chi connectivity index (χ0v) is 11.0. The molecule has 5 heteroatoms. The lowest BCUT2D eigenvalue weighted by molar-refractivity contribution is 0.462. The van der Waals surface area contributed by atoms with E-state index < -0.39 is 0 Å². The van der Waals surface area contributed by atoms with E-state index in [1.807, 2.05) is 18.5 Å². The zero-order valence-electron chi connectivity index (χ0n) is 10.2. The molecule has 0 atom stereocenters. The highest BCUT2D eigenvalue weighted by molar-refractivity contribution is 8.13. The average Bonchev–Trinajstić information content (AvgIpc) is 2.41. The highest BCUT2D eigenvalue weighted by Crippen LogP contribution is 2.35. The molecule has 1 aromatic carbocycles. The largest absolute Gasteiger partial charge is 0.508 e. The van der Waals surface area contributed by atoms with Gasteiger partial charge in [-0.05, 0) is 55.2 Å². The van der Waals surface area contributed by atoms with Gasteiger partial charge in [-0.2, -0.15) is 5.26 Å². The summed E-state index contributed by atoms with van der Waals surface area (Å²) in [5.41, 5.74) is 2.99. The van der Waals surface area contributed by atoms with E-state index >= 15 is 0 Å². The molecule has 1 aliphatic rings. The number of nitrogens with one attached hydrogen (secondary N) is 1. The number of thioether (sulfide) groups is 1. The normalized spacial score (nSPS) is 14.8. The molecule has 94 valence electrons. The first-order chi connectivity index (χ1) is 8.76. The summed E-state index contributed by atoms with van der Waals surface area (Å²) in [6.45, 7) is 0. The van der Waals surface area contributed by atoms with Crippen molar-refractivity contribution < 1.29 is 5.11 Å². The molecule has 0 spiro atoms. The van der Waals surface area contributed by atoms with Crippen LogP contribution in [0.2, 0.25) is 0 Å². The maximum Gasteiger partial charge on any atom is 0.183 e. The molecule has 0 heterocycles. The zero-order chi connectivity index (χ0) is 13.0. The number of nitrogens with zero attached hydrogens (tertiary/aromatic N) is 2. The summed E-state index contributed by atoms with van der Waals surface area (Å²) in [7, 11) is 0. The van der Waals surface area contributed by atoms with E-state index in [0.717, 1.165) is 42.5 Å². The van der Waals surface area contributed by atoms with Crippen LogP contribution in [-0.4, -0.2) is 16.5 Å². The number of aliphatic imine (C=N–C) groups is 1. The van der Waals surface area contributed by atoms with Crippen LogP contribution in [-0.2, 0) is 12.8 Å². The minimum Gasteiger partial charge on any atom is -0.508 e. The number of phenolic OH excluding ortho intramolecular Hbond substituents is 1. The molecule has 1 aromatic rings. The molecule has 0 unspecified atom stereocenters. The number of hydrogen-bond donors (Lipinski definition) is 2. The Morgan fingerprint density at radius 2 is 2.11 bits per heavy atom. The number of fused-ring (bicyclic) bond motifs is 1. The Labute approximate surface area is 111 Å². The van der Waals surface area contributed by atoms with Crippen molar-refractivity contribution in [2.24, 2.45) is 4.99 Å². The van der Waals surface area contributed by atoms with E-state index in [-0.39, 0.29) is 0 Å². The van der Waals surface area contributed by atoms with Crippen molar-refractivity contribution in [3.05, 3.63) is 23.3 Å². The molecule has 2 rings (SSSR count). The van der Waals surface area contributed by atoms with Gasteiger partial charge in [0.05, 0.1) is 5.69 Å². The van der Waals surface area contributed by atoms with Crippen molar-refractivity contribution in [1.82, 2.24) is 5.32 Å². The van der Waals surface area contributed by atoms with Crippen LogP contribution in [0.1, 0.15) is 24.0 Å². The maximum absolute atomic E-state index is 9.85. The van der Waals surface area contributed by atoms with Gasteiger partial charge in [0.2, 0.25) is 0 Å². The number of phenols is 1.